The van der Waals surface area contributed by atoms with Crippen molar-refractivity contribution in [3.8, 4) is 11.5 Å². The number of anilines is 2. The maximum atomic E-state index is 13.0. The Bertz CT molecular complexity index is 773. The van der Waals surface area contributed by atoms with Gasteiger partial charge in [0.25, 0.3) is 0 Å². The molecule has 0 saturated carbocycles. The number of nitrogens with two attached hydrogens (primary N) is 2. The van der Waals surface area contributed by atoms with Crippen LogP contribution in [0.3, 0.4) is 0 Å². The van der Waals surface area contributed by atoms with Gasteiger partial charge in [-0.05, 0) is 23.3 Å². The maximum Gasteiger partial charge on any atom is 0.147 e. The van der Waals surface area contributed by atoms with Gasteiger partial charge in [0.2, 0.25) is 0 Å². The zero-order chi connectivity index (χ0) is 19.6. The van der Waals surface area contributed by atoms with Crippen molar-refractivity contribution < 1.29 is 14.3 Å². The number of carbonyl (C=O) groups excluding carboxylic acids is 1. The Morgan fingerprint density at radius 3 is 1.50 bits per heavy atom. The normalized spacial score (nSPS) is 13.2. The van der Waals surface area contributed by atoms with Crippen LogP contribution in [0.2, 0.25) is 10.0 Å². The topological polar surface area (TPSA) is 87.6 Å². The molecule has 2 atom stereocenters. The Balaban J connectivity index is 2.37. The molecule has 140 valence electrons. The fourth-order valence-electron chi connectivity index (χ4n) is 2.93. The molecule has 0 amide bonds. The Morgan fingerprint density at radius 2 is 1.19 bits per heavy atom. The van der Waals surface area contributed by atoms with Crippen molar-refractivity contribution in [1.82, 2.24) is 0 Å². The van der Waals surface area contributed by atoms with Gasteiger partial charge in [-0.2, -0.15) is 0 Å². The number of carbonyl (C=O) groups is 1. The third kappa shape index (κ3) is 3.55. The van der Waals surface area contributed by atoms with Crippen molar-refractivity contribution in [3.05, 3.63) is 45.4 Å². The molecule has 0 bridgehead atoms. The van der Waals surface area contributed by atoms with Gasteiger partial charge in [0.1, 0.15) is 27.3 Å². The second kappa shape index (κ2) is 8.06. The van der Waals surface area contributed by atoms with Crippen LogP contribution in [-0.4, -0.2) is 20.0 Å². The second-order valence-corrected chi connectivity index (χ2v) is 6.77. The first-order valence-electron chi connectivity index (χ1n) is 8.01. The van der Waals surface area contributed by atoms with Crippen LogP contribution >= 0.6 is 23.2 Å². The van der Waals surface area contributed by atoms with Gasteiger partial charge in [-0.1, -0.05) is 49.2 Å². The molecule has 0 aliphatic heterocycles. The van der Waals surface area contributed by atoms with E-state index in [1.54, 1.807) is 38.1 Å². The summed E-state index contributed by atoms with van der Waals surface area (Å²) in [4.78, 5) is 13.0. The summed E-state index contributed by atoms with van der Waals surface area (Å²) in [6.07, 6.45) is 0. The van der Waals surface area contributed by atoms with Gasteiger partial charge in [0.05, 0.1) is 25.6 Å². The predicted octanol–water partition coefficient (Wildman–Crippen LogP) is 4.65. The Kier molecular flexibility index (Phi) is 6.26. The molecule has 2 aromatic carbocycles. The monoisotopic (exact) mass is 396 g/mol. The third-order valence-corrected chi connectivity index (χ3v) is 5.36. The SMILES string of the molecule is COc1ccc(C(C)C(=O)C(C)c2ccc(OC)c(Cl)c2N)c(N)c1Cl. The lowest BCUT2D eigenvalue weighted by Gasteiger charge is -2.21. The minimum absolute atomic E-state index is 0.0501. The van der Waals surface area contributed by atoms with Crippen molar-refractivity contribution in [2.24, 2.45) is 0 Å². The summed E-state index contributed by atoms with van der Waals surface area (Å²) in [7, 11) is 3.01. The van der Waals surface area contributed by atoms with Gasteiger partial charge in [-0.25, -0.2) is 0 Å². The van der Waals surface area contributed by atoms with Crippen LogP contribution in [0.5, 0.6) is 11.5 Å². The molecule has 2 unspecified atom stereocenters. The quantitative estimate of drug-likeness (QED) is 0.693. The summed E-state index contributed by atoms with van der Waals surface area (Å²) < 4.78 is 10.3. The largest absolute Gasteiger partial charge is 0.495 e. The molecule has 26 heavy (non-hydrogen) atoms. The second-order valence-electron chi connectivity index (χ2n) is 6.02. The molecular weight excluding hydrogens is 375 g/mol. The number of halogens is 2. The summed E-state index contributed by atoms with van der Waals surface area (Å²) in [6.45, 7) is 3.57. The number of hydrogen-bond donors (Lipinski definition) is 2. The lowest BCUT2D eigenvalue weighted by molar-refractivity contribution is -0.121. The highest BCUT2D eigenvalue weighted by molar-refractivity contribution is 6.35. The van der Waals surface area contributed by atoms with E-state index < -0.39 is 11.8 Å². The summed E-state index contributed by atoms with van der Waals surface area (Å²) in [5.41, 5.74) is 14.2. The summed E-state index contributed by atoms with van der Waals surface area (Å²) >= 11 is 12.4. The van der Waals surface area contributed by atoms with E-state index in [1.807, 2.05) is 0 Å². The van der Waals surface area contributed by atoms with Crippen molar-refractivity contribution >= 4 is 40.4 Å². The maximum absolute atomic E-state index is 13.0. The number of methoxy groups -OCH3 is 2. The van der Waals surface area contributed by atoms with E-state index in [2.05, 4.69) is 0 Å². The average Bonchev–Trinajstić information content (AvgIpc) is 2.64. The highest BCUT2D eigenvalue weighted by Gasteiger charge is 2.27. The molecule has 0 fully saturated rings. The first-order valence-corrected chi connectivity index (χ1v) is 8.77. The van der Waals surface area contributed by atoms with Crippen molar-refractivity contribution in [3.63, 3.8) is 0 Å². The number of ether oxygens (including phenoxy) is 2. The number of rotatable bonds is 6. The van der Waals surface area contributed by atoms with Crippen molar-refractivity contribution in [2.75, 3.05) is 25.7 Å². The minimum atomic E-state index is -0.478. The smallest absolute Gasteiger partial charge is 0.147 e. The van der Waals surface area contributed by atoms with E-state index >= 15 is 0 Å². The fraction of sp³-hybridized carbons (Fsp3) is 0.316. The molecular formula is C19H22Cl2N2O3. The number of ketones is 1. The standard InChI is InChI=1S/C19H22Cl2N2O3/c1-9(11-5-7-13(25-3)15(20)17(11)22)19(24)10(2)12-6-8-14(26-4)16(21)18(12)23/h5-10H,22-23H2,1-4H3. The molecule has 0 aliphatic rings. The number of benzene rings is 2. The van der Waals surface area contributed by atoms with E-state index in [0.29, 0.717) is 44.0 Å². The van der Waals surface area contributed by atoms with E-state index in [0.717, 1.165) is 0 Å². The number of hydrogen-bond acceptors (Lipinski definition) is 5. The molecule has 5 nitrogen and oxygen atoms in total. The minimum Gasteiger partial charge on any atom is -0.495 e. The van der Waals surface area contributed by atoms with E-state index in [4.69, 9.17) is 44.1 Å². The zero-order valence-electron chi connectivity index (χ0n) is 15.1. The van der Waals surface area contributed by atoms with Crippen LogP contribution < -0.4 is 20.9 Å². The Labute approximate surface area is 163 Å². The number of nitrogen functional groups attached to an aromatic ring is 2. The van der Waals surface area contributed by atoms with Crippen molar-refractivity contribution in [1.29, 1.82) is 0 Å². The predicted molar refractivity (Wildman–Crippen MR) is 107 cm³/mol. The van der Waals surface area contributed by atoms with Gasteiger partial charge >= 0.3 is 0 Å². The first kappa shape index (κ1) is 20.2. The van der Waals surface area contributed by atoms with Gasteiger partial charge < -0.3 is 20.9 Å². The fourth-order valence-corrected chi connectivity index (χ4v) is 3.43. The molecule has 0 aliphatic carbocycles. The molecule has 0 spiro atoms. The van der Waals surface area contributed by atoms with E-state index in [1.165, 1.54) is 14.2 Å². The van der Waals surface area contributed by atoms with Crippen LogP contribution in [-0.2, 0) is 4.79 Å². The van der Waals surface area contributed by atoms with Crippen LogP contribution in [0.15, 0.2) is 24.3 Å². The zero-order valence-corrected chi connectivity index (χ0v) is 16.6. The lowest BCUT2D eigenvalue weighted by atomic mass is 9.84. The van der Waals surface area contributed by atoms with E-state index in [-0.39, 0.29) is 5.78 Å². The average molecular weight is 397 g/mol. The van der Waals surface area contributed by atoms with Crippen molar-refractivity contribution in [2.45, 2.75) is 25.7 Å². The Hall–Kier alpha value is -2.11. The first-order chi connectivity index (χ1) is 12.2. The molecule has 7 heteroatoms. The van der Waals surface area contributed by atoms with Gasteiger partial charge in [-0.3, -0.25) is 4.79 Å². The molecule has 4 N–H and O–H groups in total. The highest BCUT2D eigenvalue weighted by Crippen LogP contribution is 2.40. The van der Waals surface area contributed by atoms with Crippen LogP contribution in [0.25, 0.3) is 0 Å². The highest BCUT2D eigenvalue weighted by atomic mass is 35.5. The molecule has 0 heterocycles. The molecule has 0 saturated heterocycles. The molecule has 0 aromatic heterocycles. The molecule has 2 rings (SSSR count). The Morgan fingerprint density at radius 1 is 0.846 bits per heavy atom. The molecule has 0 radical (unpaired) electrons. The summed E-state index contributed by atoms with van der Waals surface area (Å²) in [5, 5.41) is 0.591. The third-order valence-electron chi connectivity index (χ3n) is 4.58. The summed E-state index contributed by atoms with van der Waals surface area (Å²) in [5.74, 6) is -0.0770. The summed E-state index contributed by atoms with van der Waals surface area (Å²) in [6, 6.07) is 6.89. The van der Waals surface area contributed by atoms with Crippen LogP contribution in [0, 0.1) is 0 Å². The van der Waals surface area contributed by atoms with E-state index in [9.17, 15) is 4.79 Å². The van der Waals surface area contributed by atoms with Gasteiger partial charge in [-0.15, -0.1) is 0 Å². The van der Waals surface area contributed by atoms with Crippen LogP contribution in [0.1, 0.15) is 36.8 Å². The van der Waals surface area contributed by atoms with Gasteiger partial charge in [0, 0.05) is 11.8 Å². The lowest BCUT2D eigenvalue weighted by Crippen LogP contribution is -2.19. The molecule has 2 aromatic rings. The van der Waals surface area contributed by atoms with Crippen LogP contribution in [0.4, 0.5) is 11.4 Å². The number of Topliss-reactive ketones (excluding diaryl/α,β-unsaturated/α-hetero) is 1. The van der Waals surface area contributed by atoms with Gasteiger partial charge in [0.15, 0.2) is 0 Å².